The average molecular weight is 238 g/mol. The minimum atomic E-state index is 0.721. The monoisotopic (exact) mass is 238 g/mol. The zero-order chi connectivity index (χ0) is 11.2. The van der Waals surface area contributed by atoms with Crippen LogP contribution in [0, 0.1) is 0 Å². The van der Waals surface area contributed by atoms with E-state index in [1.807, 2.05) is 6.07 Å². The lowest BCUT2D eigenvalue weighted by atomic mass is 10.3. The van der Waals surface area contributed by atoms with Crippen LogP contribution >= 0.6 is 11.3 Å². The predicted octanol–water partition coefficient (Wildman–Crippen LogP) is 2.14. The fourth-order valence-corrected chi connectivity index (χ4v) is 2.10. The number of thiazole rings is 1. The quantitative estimate of drug-likeness (QED) is 0.783. The maximum atomic E-state index is 5.03. The van der Waals surface area contributed by atoms with Gasteiger partial charge in [-0.2, -0.15) is 0 Å². The van der Waals surface area contributed by atoms with Gasteiger partial charge in [0.25, 0.3) is 0 Å². The van der Waals surface area contributed by atoms with E-state index in [9.17, 15) is 0 Å². The van der Waals surface area contributed by atoms with Crippen molar-refractivity contribution in [2.45, 2.75) is 6.54 Å². The molecule has 4 nitrogen and oxygen atoms in total. The van der Waals surface area contributed by atoms with Gasteiger partial charge in [-0.3, -0.25) is 0 Å². The number of nitrogens with zero attached hydrogens (tertiary/aromatic N) is 1. The van der Waals surface area contributed by atoms with Crippen molar-refractivity contribution in [2.75, 3.05) is 20.3 Å². The Kier molecular flexibility index (Phi) is 4.10. The molecule has 0 aliphatic heterocycles. The van der Waals surface area contributed by atoms with Crippen LogP contribution in [0.5, 0.6) is 0 Å². The second kappa shape index (κ2) is 5.79. The van der Waals surface area contributed by atoms with E-state index in [1.54, 1.807) is 31.0 Å². The highest BCUT2D eigenvalue weighted by Crippen LogP contribution is 2.23. The summed E-state index contributed by atoms with van der Waals surface area (Å²) in [7, 11) is 1.70. The third-order valence-electron chi connectivity index (χ3n) is 2.11. The molecule has 2 aromatic rings. The zero-order valence-electron chi connectivity index (χ0n) is 9.10. The van der Waals surface area contributed by atoms with E-state index in [0.29, 0.717) is 0 Å². The lowest BCUT2D eigenvalue weighted by molar-refractivity contribution is 0.199. The van der Waals surface area contributed by atoms with Crippen molar-refractivity contribution in [3.63, 3.8) is 0 Å². The summed E-state index contributed by atoms with van der Waals surface area (Å²) < 4.78 is 9.98. The summed E-state index contributed by atoms with van der Waals surface area (Å²) in [5.74, 6) is 0. The van der Waals surface area contributed by atoms with Gasteiger partial charge >= 0.3 is 0 Å². The molecule has 0 saturated carbocycles. The van der Waals surface area contributed by atoms with Gasteiger partial charge in [0.2, 0.25) is 0 Å². The van der Waals surface area contributed by atoms with Crippen molar-refractivity contribution in [1.29, 1.82) is 0 Å². The Morgan fingerprint density at radius 2 is 2.50 bits per heavy atom. The molecule has 0 radical (unpaired) electrons. The number of methoxy groups -OCH3 is 1. The first kappa shape index (κ1) is 11.3. The van der Waals surface area contributed by atoms with Gasteiger partial charge in [-0.15, -0.1) is 11.3 Å². The Balaban J connectivity index is 1.88. The van der Waals surface area contributed by atoms with Crippen LogP contribution in [-0.2, 0) is 11.3 Å². The summed E-state index contributed by atoms with van der Waals surface area (Å²) in [5.41, 5.74) is 2.09. The molecule has 2 heterocycles. The van der Waals surface area contributed by atoms with Gasteiger partial charge in [-0.25, -0.2) is 4.98 Å². The molecule has 0 atom stereocenters. The second-order valence-electron chi connectivity index (χ2n) is 3.33. The molecule has 0 saturated heterocycles. The maximum absolute atomic E-state index is 5.03. The number of aromatic nitrogens is 1. The molecule has 0 aromatic carbocycles. The van der Waals surface area contributed by atoms with Crippen LogP contribution in [0.2, 0.25) is 0 Å². The third kappa shape index (κ3) is 2.91. The molecule has 5 heteroatoms. The highest BCUT2D eigenvalue weighted by Gasteiger charge is 2.05. The van der Waals surface area contributed by atoms with Crippen molar-refractivity contribution < 1.29 is 9.15 Å². The van der Waals surface area contributed by atoms with E-state index in [1.165, 1.54) is 0 Å². The van der Waals surface area contributed by atoms with Crippen LogP contribution in [0.1, 0.15) is 5.69 Å². The summed E-state index contributed by atoms with van der Waals surface area (Å²) in [4.78, 5) is 4.51. The lowest BCUT2D eigenvalue weighted by Gasteiger charge is -2.00. The molecule has 2 rings (SSSR count). The molecule has 0 aliphatic carbocycles. The average Bonchev–Trinajstić information content (AvgIpc) is 2.94. The normalized spacial score (nSPS) is 10.8. The Morgan fingerprint density at radius 3 is 3.25 bits per heavy atom. The second-order valence-corrected chi connectivity index (χ2v) is 4.18. The first-order chi connectivity index (χ1) is 7.90. The number of ether oxygens (including phenoxy) is 1. The summed E-state index contributed by atoms with van der Waals surface area (Å²) in [5, 5.41) is 6.31. The standard InChI is InChI=1S/C11H14N2O2S/c1-14-5-3-12-6-10-8-16-11(13-10)9-2-4-15-7-9/h2,4,7-8,12H,3,5-6H2,1H3. The smallest absolute Gasteiger partial charge is 0.126 e. The molecule has 0 aliphatic rings. The van der Waals surface area contributed by atoms with Gasteiger partial charge in [0.05, 0.1) is 18.6 Å². The molecule has 0 bridgehead atoms. The summed E-state index contributed by atoms with van der Waals surface area (Å²) in [6.07, 6.45) is 3.37. The van der Waals surface area contributed by atoms with Gasteiger partial charge < -0.3 is 14.5 Å². The minimum Gasteiger partial charge on any atom is -0.472 e. The number of nitrogens with one attached hydrogen (secondary N) is 1. The molecule has 2 aromatic heterocycles. The highest BCUT2D eigenvalue weighted by molar-refractivity contribution is 7.13. The predicted molar refractivity (Wildman–Crippen MR) is 63.4 cm³/mol. The first-order valence-corrected chi connectivity index (χ1v) is 5.95. The van der Waals surface area contributed by atoms with Gasteiger partial charge in [0, 0.05) is 31.1 Å². The Morgan fingerprint density at radius 1 is 1.56 bits per heavy atom. The van der Waals surface area contributed by atoms with E-state index < -0.39 is 0 Å². The Hall–Kier alpha value is -1.17. The van der Waals surface area contributed by atoms with Crippen LogP contribution in [0.3, 0.4) is 0 Å². The van der Waals surface area contributed by atoms with Crippen molar-refractivity contribution in [3.8, 4) is 10.6 Å². The van der Waals surface area contributed by atoms with Gasteiger partial charge in [0.15, 0.2) is 0 Å². The fraction of sp³-hybridized carbons (Fsp3) is 0.364. The van der Waals surface area contributed by atoms with Gasteiger partial charge in [0.1, 0.15) is 11.3 Å². The van der Waals surface area contributed by atoms with E-state index >= 15 is 0 Å². The third-order valence-corrected chi connectivity index (χ3v) is 3.05. The van der Waals surface area contributed by atoms with Crippen LogP contribution < -0.4 is 5.32 Å². The van der Waals surface area contributed by atoms with E-state index in [4.69, 9.17) is 9.15 Å². The summed E-state index contributed by atoms with van der Waals surface area (Å²) >= 11 is 1.63. The molecular formula is C11H14N2O2S. The summed E-state index contributed by atoms with van der Waals surface area (Å²) in [6, 6.07) is 1.92. The van der Waals surface area contributed by atoms with E-state index in [-0.39, 0.29) is 0 Å². The number of furan rings is 1. The SMILES string of the molecule is COCCNCc1csc(-c2ccoc2)n1. The largest absolute Gasteiger partial charge is 0.472 e. The van der Waals surface area contributed by atoms with Crippen molar-refractivity contribution in [1.82, 2.24) is 10.3 Å². The fourth-order valence-electron chi connectivity index (χ4n) is 1.30. The van der Waals surface area contributed by atoms with E-state index in [2.05, 4.69) is 15.7 Å². The molecule has 0 amide bonds. The van der Waals surface area contributed by atoms with Crippen LogP contribution in [0.4, 0.5) is 0 Å². The van der Waals surface area contributed by atoms with Crippen LogP contribution in [0.25, 0.3) is 10.6 Å². The molecule has 86 valence electrons. The molecule has 0 fully saturated rings. The zero-order valence-corrected chi connectivity index (χ0v) is 9.92. The number of hydrogen-bond acceptors (Lipinski definition) is 5. The topological polar surface area (TPSA) is 47.3 Å². The van der Waals surface area contributed by atoms with Crippen LogP contribution in [-0.4, -0.2) is 25.2 Å². The Labute approximate surface area is 98.3 Å². The van der Waals surface area contributed by atoms with Crippen LogP contribution in [0.15, 0.2) is 28.4 Å². The number of hydrogen-bond donors (Lipinski definition) is 1. The molecule has 0 spiro atoms. The van der Waals surface area contributed by atoms with Crippen molar-refractivity contribution >= 4 is 11.3 Å². The highest BCUT2D eigenvalue weighted by atomic mass is 32.1. The molecule has 16 heavy (non-hydrogen) atoms. The molecule has 0 unspecified atom stereocenters. The molecule has 1 N–H and O–H groups in total. The summed E-state index contributed by atoms with van der Waals surface area (Å²) in [6.45, 7) is 2.34. The van der Waals surface area contributed by atoms with E-state index in [0.717, 1.165) is 36.0 Å². The van der Waals surface area contributed by atoms with Crippen molar-refractivity contribution in [2.24, 2.45) is 0 Å². The van der Waals surface area contributed by atoms with Crippen molar-refractivity contribution in [3.05, 3.63) is 29.7 Å². The number of rotatable bonds is 6. The first-order valence-electron chi connectivity index (χ1n) is 5.07. The van der Waals surface area contributed by atoms with Gasteiger partial charge in [-0.1, -0.05) is 0 Å². The minimum absolute atomic E-state index is 0.721. The lowest BCUT2D eigenvalue weighted by Crippen LogP contribution is -2.18. The Bertz CT molecular complexity index is 411. The molecular weight excluding hydrogens is 224 g/mol. The van der Waals surface area contributed by atoms with Gasteiger partial charge in [-0.05, 0) is 6.07 Å². The maximum Gasteiger partial charge on any atom is 0.126 e.